The topological polar surface area (TPSA) is 63.6 Å². The van der Waals surface area contributed by atoms with Crippen molar-refractivity contribution in [1.82, 2.24) is 19.5 Å². The highest BCUT2D eigenvalue weighted by atomic mass is 127. The molecular weight excluding hydrogens is 307 g/mol. The number of aryl methyl sites for hydroxylation is 2. The van der Waals surface area contributed by atoms with E-state index >= 15 is 0 Å². The van der Waals surface area contributed by atoms with Crippen molar-refractivity contribution in [3.63, 3.8) is 0 Å². The number of nitrogens with one attached hydrogen (secondary N) is 1. The normalized spacial score (nSPS) is 10.6. The minimum Gasteiger partial charge on any atom is -0.331 e. The van der Waals surface area contributed by atoms with Gasteiger partial charge in [0.2, 0.25) is 0 Å². The summed E-state index contributed by atoms with van der Waals surface area (Å²) in [4.78, 5) is 22.6. The lowest BCUT2D eigenvalue weighted by molar-refractivity contribution is 0.900. The van der Waals surface area contributed by atoms with E-state index in [4.69, 9.17) is 0 Å². The van der Waals surface area contributed by atoms with Gasteiger partial charge in [-0.05, 0) is 29.5 Å². The van der Waals surface area contributed by atoms with Gasteiger partial charge in [-0.25, -0.2) is 9.97 Å². The summed E-state index contributed by atoms with van der Waals surface area (Å²) in [5.74, 6) is 0.554. The third-order valence-corrected chi connectivity index (χ3v) is 3.36. The first-order valence-corrected chi connectivity index (χ1v) is 5.40. The third kappa shape index (κ3) is 1.81. The van der Waals surface area contributed by atoms with E-state index in [-0.39, 0.29) is 5.56 Å². The highest BCUT2D eigenvalue weighted by Crippen LogP contribution is 2.13. The van der Waals surface area contributed by atoms with Crippen LogP contribution >= 0.6 is 22.6 Å². The first-order valence-electron chi connectivity index (χ1n) is 4.32. The average molecular weight is 316 g/mol. The zero-order chi connectivity index (χ0) is 11.0. The number of hydrogen-bond donors (Lipinski definition) is 1. The molecule has 2 heterocycles. The first kappa shape index (κ1) is 10.3. The Morgan fingerprint density at radius 1 is 1.53 bits per heavy atom. The van der Waals surface area contributed by atoms with Crippen molar-refractivity contribution in [2.45, 2.75) is 6.92 Å². The molecule has 2 rings (SSSR count). The number of aromatic amines is 1. The molecule has 0 amide bonds. The minimum absolute atomic E-state index is 0.112. The second-order valence-corrected chi connectivity index (χ2v) is 4.28. The van der Waals surface area contributed by atoms with Crippen LogP contribution in [0.15, 0.2) is 17.3 Å². The molecule has 5 nitrogen and oxygen atoms in total. The van der Waals surface area contributed by atoms with Crippen molar-refractivity contribution in [2.75, 3.05) is 0 Å². The highest BCUT2D eigenvalue weighted by Gasteiger charge is 2.09. The fraction of sp³-hybridized carbons (Fsp3) is 0.222. The molecule has 15 heavy (non-hydrogen) atoms. The van der Waals surface area contributed by atoms with Gasteiger partial charge in [0, 0.05) is 7.05 Å². The molecule has 0 saturated heterocycles. The fourth-order valence-electron chi connectivity index (χ4n) is 1.28. The van der Waals surface area contributed by atoms with Crippen LogP contribution in [0.1, 0.15) is 5.69 Å². The summed E-state index contributed by atoms with van der Waals surface area (Å²) in [7, 11) is 1.86. The van der Waals surface area contributed by atoms with E-state index in [9.17, 15) is 4.79 Å². The molecule has 0 atom stereocenters. The Morgan fingerprint density at radius 2 is 2.27 bits per heavy atom. The molecule has 0 aliphatic carbocycles. The van der Waals surface area contributed by atoms with Gasteiger partial charge in [0.1, 0.15) is 5.69 Å². The lowest BCUT2D eigenvalue weighted by atomic mass is 10.4. The average Bonchev–Trinajstić information content (AvgIpc) is 2.60. The SMILES string of the molecule is Cc1nc(-c2cncn2C)[nH]c(=O)c1I. The monoisotopic (exact) mass is 316 g/mol. The van der Waals surface area contributed by atoms with Crippen LogP contribution in [0.2, 0.25) is 0 Å². The molecule has 0 spiro atoms. The fourth-order valence-corrected chi connectivity index (χ4v) is 1.53. The van der Waals surface area contributed by atoms with Gasteiger partial charge in [0.25, 0.3) is 5.56 Å². The molecule has 1 N–H and O–H groups in total. The summed E-state index contributed by atoms with van der Waals surface area (Å²) in [6.45, 7) is 1.82. The van der Waals surface area contributed by atoms with Crippen molar-refractivity contribution >= 4 is 22.6 Å². The predicted molar refractivity (Wildman–Crippen MR) is 64.5 cm³/mol. The van der Waals surface area contributed by atoms with Gasteiger partial charge in [-0.3, -0.25) is 4.79 Å². The maximum absolute atomic E-state index is 11.5. The van der Waals surface area contributed by atoms with Gasteiger partial charge in [-0.1, -0.05) is 0 Å². The Morgan fingerprint density at radius 3 is 2.80 bits per heavy atom. The Kier molecular flexibility index (Phi) is 2.59. The van der Waals surface area contributed by atoms with Crippen molar-refractivity contribution in [3.05, 3.63) is 32.1 Å². The smallest absolute Gasteiger partial charge is 0.264 e. The van der Waals surface area contributed by atoms with E-state index in [1.165, 1.54) is 0 Å². The maximum atomic E-state index is 11.5. The molecule has 78 valence electrons. The summed E-state index contributed by atoms with van der Waals surface area (Å²) in [6, 6.07) is 0. The molecule has 0 saturated carbocycles. The van der Waals surface area contributed by atoms with E-state index in [0.29, 0.717) is 9.39 Å². The Labute approximate surface area is 99.7 Å². The van der Waals surface area contributed by atoms with Gasteiger partial charge in [0.05, 0.1) is 21.8 Å². The zero-order valence-electron chi connectivity index (χ0n) is 8.28. The Hall–Kier alpha value is -1.18. The third-order valence-electron chi connectivity index (χ3n) is 2.09. The summed E-state index contributed by atoms with van der Waals surface area (Å²) in [5.41, 5.74) is 1.42. The van der Waals surface area contributed by atoms with Crippen LogP contribution in [0.25, 0.3) is 11.5 Å². The molecule has 0 bridgehead atoms. The number of hydrogen-bond acceptors (Lipinski definition) is 3. The molecule has 0 unspecified atom stereocenters. The number of aromatic nitrogens is 4. The van der Waals surface area contributed by atoms with Crippen LogP contribution in [0, 0.1) is 10.5 Å². The lowest BCUT2D eigenvalue weighted by Gasteiger charge is -2.03. The second-order valence-electron chi connectivity index (χ2n) is 3.20. The van der Waals surface area contributed by atoms with Crippen molar-refractivity contribution in [1.29, 1.82) is 0 Å². The van der Waals surface area contributed by atoms with E-state index in [1.807, 2.05) is 41.1 Å². The van der Waals surface area contributed by atoms with E-state index < -0.39 is 0 Å². The predicted octanol–water partition coefficient (Wildman–Crippen LogP) is 1.08. The zero-order valence-corrected chi connectivity index (χ0v) is 10.4. The molecule has 2 aromatic heterocycles. The van der Waals surface area contributed by atoms with Crippen LogP contribution in [0.4, 0.5) is 0 Å². The van der Waals surface area contributed by atoms with Crippen molar-refractivity contribution < 1.29 is 0 Å². The van der Waals surface area contributed by atoms with Crippen LogP contribution < -0.4 is 5.56 Å². The largest absolute Gasteiger partial charge is 0.331 e. The van der Waals surface area contributed by atoms with E-state index in [2.05, 4.69) is 15.0 Å². The molecule has 0 fully saturated rings. The summed E-state index contributed by atoms with van der Waals surface area (Å²) >= 11 is 1.98. The molecular formula is C9H9IN4O. The van der Waals surface area contributed by atoms with E-state index in [1.54, 1.807) is 12.5 Å². The molecule has 0 aromatic carbocycles. The van der Waals surface area contributed by atoms with Gasteiger partial charge in [0.15, 0.2) is 5.82 Å². The van der Waals surface area contributed by atoms with E-state index in [0.717, 1.165) is 11.4 Å². The first-order chi connectivity index (χ1) is 7.09. The van der Waals surface area contributed by atoms with Gasteiger partial charge >= 0.3 is 0 Å². The summed E-state index contributed by atoms with van der Waals surface area (Å²) < 4.78 is 2.43. The molecule has 0 aliphatic heterocycles. The van der Waals surface area contributed by atoms with Crippen molar-refractivity contribution in [3.8, 4) is 11.5 Å². The molecule has 0 radical (unpaired) electrons. The number of imidazole rings is 1. The molecule has 2 aromatic rings. The van der Waals surface area contributed by atoms with Gasteiger partial charge in [-0.15, -0.1) is 0 Å². The Balaban J connectivity index is 2.66. The number of rotatable bonds is 1. The maximum Gasteiger partial charge on any atom is 0.264 e. The summed E-state index contributed by atoms with van der Waals surface area (Å²) in [5, 5.41) is 0. The number of nitrogens with zero attached hydrogens (tertiary/aromatic N) is 3. The van der Waals surface area contributed by atoms with Crippen LogP contribution in [0.5, 0.6) is 0 Å². The Bertz CT molecular complexity index is 557. The summed E-state index contributed by atoms with van der Waals surface area (Å²) in [6.07, 6.45) is 3.34. The quantitative estimate of drug-likeness (QED) is 0.801. The standard InChI is InChI=1S/C9H9IN4O/c1-5-7(10)9(15)13-8(12-5)6-3-11-4-14(6)2/h3-4H,1-2H3,(H,12,13,15). The van der Waals surface area contributed by atoms with Crippen LogP contribution in [-0.4, -0.2) is 19.5 Å². The second kappa shape index (κ2) is 3.76. The van der Waals surface area contributed by atoms with Crippen LogP contribution in [-0.2, 0) is 7.05 Å². The highest BCUT2D eigenvalue weighted by molar-refractivity contribution is 14.1. The minimum atomic E-state index is -0.112. The van der Waals surface area contributed by atoms with Crippen molar-refractivity contribution in [2.24, 2.45) is 7.05 Å². The van der Waals surface area contributed by atoms with Gasteiger partial charge < -0.3 is 9.55 Å². The molecule has 6 heteroatoms. The lowest BCUT2D eigenvalue weighted by Crippen LogP contribution is -2.15. The number of H-pyrrole nitrogens is 1. The number of halogens is 1. The van der Waals surface area contributed by atoms with Crippen LogP contribution in [0.3, 0.4) is 0 Å². The van der Waals surface area contributed by atoms with Gasteiger partial charge in [-0.2, -0.15) is 0 Å². The molecule has 0 aliphatic rings.